The minimum atomic E-state index is -0.242. The summed E-state index contributed by atoms with van der Waals surface area (Å²) in [5.74, 6) is 0.563. The lowest BCUT2D eigenvalue weighted by molar-refractivity contribution is -0.141. The lowest BCUT2D eigenvalue weighted by Gasteiger charge is -2.20. The van der Waals surface area contributed by atoms with Gasteiger partial charge in [-0.15, -0.1) is 0 Å². The first-order valence-electron chi connectivity index (χ1n) is 6.63. The molecule has 0 spiro atoms. The van der Waals surface area contributed by atoms with E-state index in [0.29, 0.717) is 13.0 Å². The van der Waals surface area contributed by atoms with Crippen molar-refractivity contribution in [1.29, 1.82) is 0 Å². The van der Waals surface area contributed by atoms with Crippen LogP contribution in [0, 0.1) is 0 Å². The summed E-state index contributed by atoms with van der Waals surface area (Å²) in [5, 5.41) is 0. The predicted molar refractivity (Wildman–Crippen MR) is 75.3 cm³/mol. The molecule has 4 heteroatoms. The van der Waals surface area contributed by atoms with E-state index in [0.717, 1.165) is 17.7 Å². The fourth-order valence-corrected chi connectivity index (χ4v) is 1.90. The van der Waals surface area contributed by atoms with Crippen LogP contribution in [0.4, 0.5) is 0 Å². The number of benzene rings is 1. The predicted octanol–water partition coefficient (Wildman–Crippen LogP) is 2.47. The summed E-state index contributed by atoms with van der Waals surface area (Å²) in [6, 6.07) is 7.64. The van der Waals surface area contributed by atoms with E-state index in [-0.39, 0.29) is 17.9 Å². The van der Waals surface area contributed by atoms with Crippen LogP contribution in [-0.2, 0) is 9.53 Å². The highest BCUT2D eigenvalue weighted by molar-refractivity contribution is 5.70. The average Bonchev–Trinajstić information content (AvgIpc) is 2.42. The highest BCUT2D eigenvalue weighted by Crippen LogP contribution is 2.25. The number of rotatable bonds is 7. The molecule has 0 aromatic heterocycles. The second-order valence-corrected chi connectivity index (χ2v) is 4.66. The molecule has 1 aromatic rings. The quantitative estimate of drug-likeness (QED) is 0.769. The van der Waals surface area contributed by atoms with Crippen molar-refractivity contribution >= 4 is 5.97 Å². The smallest absolute Gasteiger partial charge is 0.306 e. The Hall–Kier alpha value is -1.55. The van der Waals surface area contributed by atoms with E-state index in [2.05, 4.69) is 6.92 Å². The summed E-state index contributed by atoms with van der Waals surface area (Å²) in [5.41, 5.74) is 6.98. The molecular formula is C15H23NO3. The molecule has 4 nitrogen and oxygen atoms in total. The summed E-state index contributed by atoms with van der Waals surface area (Å²) in [6.07, 6.45) is 1.27. The molecule has 0 radical (unpaired) electrons. The van der Waals surface area contributed by atoms with Crippen LogP contribution in [0.3, 0.4) is 0 Å². The van der Waals surface area contributed by atoms with Gasteiger partial charge in [-0.1, -0.05) is 19.1 Å². The van der Waals surface area contributed by atoms with Crippen molar-refractivity contribution < 1.29 is 14.3 Å². The van der Waals surface area contributed by atoms with Crippen LogP contribution in [0.1, 0.15) is 38.2 Å². The van der Waals surface area contributed by atoms with Crippen LogP contribution in [0.15, 0.2) is 24.3 Å². The Bertz CT molecular complexity index is 387. The van der Waals surface area contributed by atoms with E-state index in [1.807, 2.05) is 31.2 Å². The van der Waals surface area contributed by atoms with Crippen LogP contribution >= 0.6 is 0 Å². The molecule has 0 saturated carbocycles. The van der Waals surface area contributed by atoms with Crippen molar-refractivity contribution in [2.24, 2.45) is 5.73 Å². The number of carbonyl (C=O) groups excluding carboxylic acids is 1. The maximum absolute atomic E-state index is 11.4. The van der Waals surface area contributed by atoms with Gasteiger partial charge in [-0.25, -0.2) is 0 Å². The molecule has 1 aromatic carbocycles. The molecule has 1 rings (SSSR count). The number of hydrogen-bond donors (Lipinski definition) is 1. The summed E-state index contributed by atoms with van der Waals surface area (Å²) in [6.45, 7) is 4.67. The molecular weight excluding hydrogens is 242 g/mol. The number of methoxy groups -OCH3 is 1. The van der Waals surface area contributed by atoms with E-state index >= 15 is 0 Å². The first-order valence-corrected chi connectivity index (χ1v) is 6.63. The van der Waals surface area contributed by atoms with Gasteiger partial charge in [-0.05, 0) is 31.0 Å². The van der Waals surface area contributed by atoms with Crippen LogP contribution in [0.25, 0.3) is 0 Å². The van der Waals surface area contributed by atoms with Gasteiger partial charge in [0.1, 0.15) is 5.75 Å². The van der Waals surface area contributed by atoms with E-state index in [4.69, 9.17) is 15.2 Å². The van der Waals surface area contributed by atoms with Gasteiger partial charge in [0.15, 0.2) is 0 Å². The Kier molecular flexibility index (Phi) is 6.36. The van der Waals surface area contributed by atoms with Crippen LogP contribution in [0.5, 0.6) is 5.75 Å². The molecule has 0 amide bonds. The third-order valence-corrected chi connectivity index (χ3v) is 3.03. The molecule has 0 aliphatic rings. The highest BCUT2D eigenvalue weighted by atomic mass is 16.5. The van der Waals surface area contributed by atoms with Crippen molar-refractivity contribution in [1.82, 2.24) is 0 Å². The highest BCUT2D eigenvalue weighted by Gasteiger charge is 2.20. The summed E-state index contributed by atoms with van der Waals surface area (Å²) < 4.78 is 10.2. The maximum Gasteiger partial charge on any atom is 0.306 e. The normalized spacial score (nSPS) is 13.7. The van der Waals surface area contributed by atoms with E-state index in [1.54, 1.807) is 0 Å². The molecule has 2 N–H and O–H groups in total. The minimum absolute atomic E-state index is 0.0346. The first-order chi connectivity index (χ1) is 9.08. The molecule has 0 bridgehead atoms. The Morgan fingerprint density at radius 2 is 1.95 bits per heavy atom. The monoisotopic (exact) mass is 265 g/mol. The number of hydrogen-bond acceptors (Lipinski definition) is 4. The Labute approximate surface area is 114 Å². The van der Waals surface area contributed by atoms with E-state index in [1.165, 1.54) is 7.11 Å². The van der Waals surface area contributed by atoms with Gasteiger partial charge in [-0.2, -0.15) is 0 Å². The van der Waals surface area contributed by atoms with Gasteiger partial charge in [0, 0.05) is 12.0 Å². The van der Waals surface area contributed by atoms with E-state index in [9.17, 15) is 4.79 Å². The van der Waals surface area contributed by atoms with Gasteiger partial charge in [0.05, 0.1) is 20.1 Å². The van der Waals surface area contributed by atoms with Crippen molar-refractivity contribution in [3.05, 3.63) is 29.8 Å². The van der Waals surface area contributed by atoms with Crippen LogP contribution in [0.2, 0.25) is 0 Å². The first kappa shape index (κ1) is 15.5. The fourth-order valence-electron chi connectivity index (χ4n) is 1.90. The summed E-state index contributed by atoms with van der Waals surface area (Å²) in [7, 11) is 1.39. The molecule has 2 unspecified atom stereocenters. The summed E-state index contributed by atoms with van der Waals surface area (Å²) in [4.78, 5) is 11.4. The topological polar surface area (TPSA) is 61.5 Å². The van der Waals surface area contributed by atoms with Gasteiger partial charge in [0.2, 0.25) is 0 Å². The molecule has 19 heavy (non-hydrogen) atoms. The molecule has 0 aliphatic heterocycles. The van der Waals surface area contributed by atoms with Gasteiger partial charge in [0.25, 0.3) is 0 Å². The third kappa shape index (κ3) is 4.91. The van der Waals surface area contributed by atoms with Gasteiger partial charge >= 0.3 is 5.97 Å². The third-order valence-electron chi connectivity index (χ3n) is 3.03. The van der Waals surface area contributed by atoms with Crippen molar-refractivity contribution in [2.45, 2.75) is 38.6 Å². The second-order valence-electron chi connectivity index (χ2n) is 4.66. The number of nitrogens with two attached hydrogens (primary N) is 1. The van der Waals surface area contributed by atoms with Crippen molar-refractivity contribution in [2.75, 3.05) is 13.7 Å². The molecule has 0 heterocycles. The van der Waals surface area contributed by atoms with Gasteiger partial charge < -0.3 is 15.2 Å². The maximum atomic E-state index is 11.4. The number of ether oxygens (including phenoxy) is 2. The van der Waals surface area contributed by atoms with Crippen molar-refractivity contribution in [3.8, 4) is 5.75 Å². The molecule has 0 fully saturated rings. The SMILES string of the molecule is CCCOc1ccc(C(CC(=O)OC)C(C)N)cc1. The van der Waals surface area contributed by atoms with Crippen LogP contribution in [-0.4, -0.2) is 25.7 Å². The zero-order valence-corrected chi connectivity index (χ0v) is 11.9. The largest absolute Gasteiger partial charge is 0.494 e. The second kappa shape index (κ2) is 7.79. The summed E-state index contributed by atoms with van der Waals surface area (Å²) >= 11 is 0. The lowest BCUT2D eigenvalue weighted by Crippen LogP contribution is -2.27. The standard InChI is InChI=1S/C15H23NO3/c1-4-9-19-13-7-5-12(6-8-13)14(11(2)16)10-15(17)18-3/h5-8,11,14H,4,9-10,16H2,1-3H3. The number of esters is 1. The Morgan fingerprint density at radius 3 is 2.42 bits per heavy atom. The van der Waals surface area contributed by atoms with Crippen molar-refractivity contribution in [3.63, 3.8) is 0 Å². The molecule has 106 valence electrons. The van der Waals surface area contributed by atoms with Crippen LogP contribution < -0.4 is 10.5 Å². The fraction of sp³-hybridized carbons (Fsp3) is 0.533. The number of carbonyl (C=O) groups is 1. The molecule has 0 aliphatic carbocycles. The Balaban J connectivity index is 2.76. The van der Waals surface area contributed by atoms with E-state index < -0.39 is 0 Å². The molecule has 0 saturated heterocycles. The zero-order chi connectivity index (χ0) is 14.3. The minimum Gasteiger partial charge on any atom is -0.494 e. The molecule has 2 atom stereocenters. The van der Waals surface area contributed by atoms with Gasteiger partial charge in [-0.3, -0.25) is 4.79 Å². The average molecular weight is 265 g/mol. The lowest BCUT2D eigenvalue weighted by atomic mass is 9.90. The zero-order valence-electron chi connectivity index (χ0n) is 11.9. The Morgan fingerprint density at radius 1 is 1.32 bits per heavy atom.